The Morgan fingerprint density at radius 3 is 3.09 bits per heavy atom. The molecular weight excluding hydrogens is 140 g/mol. The molecule has 0 bridgehead atoms. The van der Waals surface area contributed by atoms with Crippen molar-refractivity contribution in [2.24, 2.45) is 16.6 Å². The minimum atomic E-state index is 0.616. The van der Waals surface area contributed by atoms with Crippen LogP contribution < -0.4 is 5.73 Å². The molecule has 0 aromatic carbocycles. The van der Waals surface area contributed by atoms with E-state index in [0.717, 1.165) is 38.4 Å². The molecule has 11 heavy (non-hydrogen) atoms. The Labute approximate surface area is 67.6 Å². The van der Waals surface area contributed by atoms with Gasteiger partial charge in [0.25, 0.3) is 0 Å². The zero-order chi connectivity index (χ0) is 8.10. The summed E-state index contributed by atoms with van der Waals surface area (Å²) in [6, 6.07) is 0. The molecule has 1 aliphatic heterocycles. The van der Waals surface area contributed by atoms with E-state index in [1.54, 1.807) is 0 Å². The molecule has 0 amide bonds. The van der Waals surface area contributed by atoms with Crippen LogP contribution in [0.5, 0.6) is 0 Å². The molecule has 1 heterocycles. The summed E-state index contributed by atoms with van der Waals surface area (Å²) in [6.45, 7) is 4.54. The molecule has 0 aromatic heterocycles. The van der Waals surface area contributed by atoms with Gasteiger partial charge in [0.1, 0.15) is 0 Å². The summed E-state index contributed by atoms with van der Waals surface area (Å²) < 4.78 is 5.23. The second kappa shape index (κ2) is 4.34. The van der Waals surface area contributed by atoms with E-state index >= 15 is 0 Å². The number of rotatable bonds is 3. The number of nitrogens with two attached hydrogens (primary N) is 1. The molecule has 1 aliphatic rings. The molecule has 3 heteroatoms. The van der Waals surface area contributed by atoms with E-state index in [0.29, 0.717) is 5.92 Å². The molecule has 1 rings (SSSR count). The van der Waals surface area contributed by atoms with E-state index in [-0.39, 0.29) is 0 Å². The molecular formula is C8H16N2O. The van der Waals surface area contributed by atoms with Gasteiger partial charge in [0.05, 0.1) is 5.84 Å². The van der Waals surface area contributed by atoms with Crippen LogP contribution in [0.2, 0.25) is 0 Å². The van der Waals surface area contributed by atoms with E-state index < -0.39 is 0 Å². The lowest BCUT2D eigenvalue weighted by molar-refractivity contribution is 0.187. The summed E-state index contributed by atoms with van der Waals surface area (Å²) in [5.41, 5.74) is 5.66. The number of hydrogen-bond donors (Lipinski definition) is 1. The molecule has 1 fully saturated rings. The van der Waals surface area contributed by atoms with Gasteiger partial charge in [-0.3, -0.25) is 4.99 Å². The molecule has 0 aromatic rings. The van der Waals surface area contributed by atoms with Crippen molar-refractivity contribution in [3.63, 3.8) is 0 Å². The van der Waals surface area contributed by atoms with Gasteiger partial charge in [-0.1, -0.05) is 0 Å². The molecule has 64 valence electrons. The predicted octanol–water partition coefficient (Wildman–Crippen LogP) is 0.790. The average molecular weight is 156 g/mol. The summed E-state index contributed by atoms with van der Waals surface area (Å²) in [5, 5.41) is 0. The van der Waals surface area contributed by atoms with Gasteiger partial charge >= 0.3 is 0 Å². The van der Waals surface area contributed by atoms with Gasteiger partial charge < -0.3 is 10.5 Å². The number of ether oxygens (including phenoxy) is 1. The number of amidine groups is 1. The van der Waals surface area contributed by atoms with Gasteiger partial charge in [0.15, 0.2) is 0 Å². The van der Waals surface area contributed by atoms with Crippen LogP contribution in [0, 0.1) is 5.92 Å². The fourth-order valence-electron chi connectivity index (χ4n) is 1.31. The minimum Gasteiger partial charge on any atom is -0.387 e. The van der Waals surface area contributed by atoms with E-state index in [1.165, 1.54) is 0 Å². The van der Waals surface area contributed by atoms with Gasteiger partial charge in [-0.15, -0.1) is 0 Å². The van der Waals surface area contributed by atoms with Crippen LogP contribution in [-0.2, 0) is 4.74 Å². The number of hydrogen-bond acceptors (Lipinski definition) is 2. The lowest BCUT2D eigenvalue weighted by Crippen LogP contribution is -2.17. The van der Waals surface area contributed by atoms with Crippen LogP contribution in [0.25, 0.3) is 0 Å². The monoisotopic (exact) mass is 156 g/mol. The highest BCUT2D eigenvalue weighted by Gasteiger charge is 2.16. The second-order valence-corrected chi connectivity index (χ2v) is 2.90. The molecule has 0 spiro atoms. The maximum absolute atomic E-state index is 5.66. The van der Waals surface area contributed by atoms with Crippen molar-refractivity contribution in [3.05, 3.63) is 0 Å². The third kappa shape index (κ3) is 2.89. The Morgan fingerprint density at radius 1 is 1.73 bits per heavy atom. The molecule has 0 radical (unpaired) electrons. The highest BCUT2D eigenvalue weighted by Crippen LogP contribution is 2.15. The van der Waals surface area contributed by atoms with Crippen molar-refractivity contribution in [2.75, 3.05) is 19.8 Å². The van der Waals surface area contributed by atoms with Crippen LogP contribution in [0.3, 0.4) is 0 Å². The Bertz CT molecular complexity index is 139. The molecule has 0 saturated carbocycles. The largest absolute Gasteiger partial charge is 0.387 e. The van der Waals surface area contributed by atoms with Gasteiger partial charge in [0.2, 0.25) is 0 Å². The van der Waals surface area contributed by atoms with Crippen LogP contribution in [0.4, 0.5) is 0 Å². The first-order valence-corrected chi connectivity index (χ1v) is 4.19. The first-order valence-electron chi connectivity index (χ1n) is 4.19. The predicted molar refractivity (Wildman–Crippen MR) is 45.7 cm³/mol. The number of aliphatic imine (C=N–C) groups is 1. The van der Waals surface area contributed by atoms with E-state index in [9.17, 15) is 0 Å². The molecule has 1 atom stereocenters. The van der Waals surface area contributed by atoms with Crippen LogP contribution in [0.15, 0.2) is 4.99 Å². The zero-order valence-corrected chi connectivity index (χ0v) is 7.05. The van der Waals surface area contributed by atoms with Crippen molar-refractivity contribution in [3.8, 4) is 0 Å². The van der Waals surface area contributed by atoms with Crippen molar-refractivity contribution >= 4 is 5.84 Å². The third-order valence-electron chi connectivity index (χ3n) is 1.88. The zero-order valence-electron chi connectivity index (χ0n) is 7.05. The molecule has 1 saturated heterocycles. The van der Waals surface area contributed by atoms with E-state index in [4.69, 9.17) is 10.5 Å². The average Bonchev–Trinajstić information content (AvgIpc) is 2.40. The van der Waals surface area contributed by atoms with Crippen molar-refractivity contribution < 1.29 is 4.74 Å². The Hall–Kier alpha value is -0.570. The Morgan fingerprint density at radius 2 is 2.55 bits per heavy atom. The first kappa shape index (κ1) is 8.53. The normalized spacial score (nSPS) is 25.9. The van der Waals surface area contributed by atoms with E-state index in [1.807, 2.05) is 6.92 Å². The minimum absolute atomic E-state index is 0.616. The highest BCUT2D eigenvalue weighted by atomic mass is 16.5. The van der Waals surface area contributed by atoms with E-state index in [2.05, 4.69) is 4.99 Å². The van der Waals surface area contributed by atoms with Gasteiger partial charge in [-0.25, -0.2) is 0 Å². The fourth-order valence-corrected chi connectivity index (χ4v) is 1.31. The lowest BCUT2D eigenvalue weighted by Gasteiger charge is -2.05. The van der Waals surface area contributed by atoms with Crippen molar-refractivity contribution in [1.82, 2.24) is 0 Å². The Balaban J connectivity index is 2.23. The summed E-state index contributed by atoms with van der Waals surface area (Å²) in [5.74, 6) is 1.40. The summed E-state index contributed by atoms with van der Waals surface area (Å²) >= 11 is 0. The van der Waals surface area contributed by atoms with Crippen molar-refractivity contribution in [1.29, 1.82) is 0 Å². The van der Waals surface area contributed by atoms with Gasteiger partial charge in [-0.05, 0) is 19.3 Å². The maximum Gasteiger partial charge on any atom is 0.0940 e. The second-order valence-electron chi connectivity index (χ2n) is 2.90. The lowest BCUT2D eigenvalue weighted by atomic mass is 10.1. The summed E-state index contributed by atoms with van der Waals surface area (Å²) in [7, 11) is 0. The number of nitrogens with zero attached hydrogens (tertiary/aromatic N) is 1. The van der Waals surface area contributed by atoms with Crippen LogP contribution in [-0.4, -0.2) is 25.6 Å². The van der Waals surface area contributed by atoms with Crippen LogP contribution >= 0.6 is 0 Å². The highest BCUT2D eigenvalue weighted by molar-refractivity contribution is 5.80. The fraction of sp³-hybridized carbons (Fsp3) is 0.875. The Kier molecular flexibility index (Phi) is 3.36. The molecule has 2 N–H and O–H groups in total. The maximum atomic E-state index is 5.66. The molecule has 3 nitrogen and oxygen atoms in total. The topological polar surface area (TPSA) is 47.6 Å². The first-order chi connectivity index (χ1) is 5.33. The quantitative estimate of drug-likeness (QED) is 0.485. The van der Waals surface area contributed by atoms with Gasteiger partial charge in [-0.2, -0.15) is 0 Å². The molecule has 1 unspecified atom stereocenters. The van der Waals surface area contributed by atoms with Crippen LogP contribution in [0.1, 0.15) is 19.8 Å². The smallest absolute Gasteiger partial charge is 0.0940 e. The molecule has 0 aliphatic carbocycles. The SMILES string of the molecule is CCN=C(N)CC1CCOC1. The summed E-state index contributed by atoms with van der Waals surface area (Å²) in [6.07, 6.45) is 2.05. The van der Waals surface area contributed by atoms with Gasteiger partial charge in [0, 0.05) is 26.2 Å². The van der Waals surface area contributed by atoms with Crippen molar-refractivity contribution in [2.45, 2.75) is 19.8 Å². The standard InChI is InChI=1S/C8H16N2O/c1-2-10-8(9)5-7-3-4-11-6-7/h7H,2-6H2,1H3,(H2,9,10). The third-order valence-corrected chi connectivity index (χ3v) is 1.88. The summed E-state index contributed by atoms with van der Waals surface area (Å²) in [4.78, 5) is 4.13.